The SMILES string of the molecule is [Na].[Na].c1nn[nH]n1. The van der Waals surface area contributed by atoms with Crippen LogP contribution >= 0.6 is 0 Å². The molecule has 7 heavy (non-hydrogen) atoms. The minimum atomic E-state index is 0. The van der Waals surface area contributed by atoms with Crippen LogP contribution in [0.1, 0.15) is 0 Å². The Bertz CT molecular complexity index is 66.2. The van der Waals surface area contributed by atoms with Crippen molar-refractivity contribution >= 4 is 59.1 Å². The molecule has 0 aliphatic heterocycles. The van der Waals surface area contributed by atoms with Gasteiger partial charge in [0.05, 0.1) is 0 Å². The summed E-state index contributed by atoms with van der Waals surface area (Å²) >= 11 is 0. The molecule has 0 saturated heterocycles. The van der Waals surface area contributed by atoms with Gasteiger partial charge in [-0.25, -0.2) is 0 Å². The molecule has 2 radical (unpaired) electrons. The summed E-state index contributed by atoms with van der Waals surface area (Å²) in [7, 11) is 0. The number of hydrogen-bond donors (Lipinski definition) is 1. The largest absolute Gasteiger partial charge is 0.177 e. The van der Waals surface area contributed by atoms with E-state index in [1.165, 1.54) is 6.33 Å². The van der Waals surface area contributed by atoms with Crippen LogP contribution in [0.15, 0.2) is 6.33 Å². The second-order valence-corrected chi connectivity index (χ2v) is 0.560. The fraction of sp³-hybridized carbons (Fsp3) is 0. The molecule has 1 N–H and O–H groups in total. The molecular formula is CH2N4Na2. The standard InChI is InChI=1S/CH2N4.2Na/c1-2-4-5-3-1;;/h1H,(H,2,3,4,5);;. The fourth-order valence-corrected chi connectivity index (χ4v) is 0.129. The summed E-state index contributed by atoms with van der Waals surface area (Å²) in [5.74, 6) is 0. The van der Waals surface area contributed by atoms with E-state index in [2.05, 4.69) is 20.6 Å². The van der Waals surface area contributed by atoms with Gasteiger partial charge in [0.1, 0.15) is 0 Å². The topological polar surface area (TPSA) is 54.5 Å². The molecule has 4 nitrogen and oxygen atoms in total. The first-order valence-corrected chi connectivity index (χ1v) is 1.16. The molecule has 28 valence electrons. The molecule has 1 aromatic rings. The van der Waals surface area contributed by atoms with E-state index in [4.69, 9.17) is 0 Å². The van der Waals surface area contributed by atoms with Crippen LogP contribution in [0.4, 0.5) is 0 Å². The summed E-state index contributed by atoms with van der Waals surface area (Å²) in [5.41, 5.74) is 0. The minimum Gasteiger partial charge on any atom is -0.177 e. The Balaban J connectivity index is 0. The molecule has 0 unspecified atom stereocenters. The maximum absolute atomic E-state index is 3.38. The molecule has 1 rings (SSSR count). The second kappa shape index (κ2) is 7.07. The summed E-state index contributed by atoms with van der Waals surface area (Å²) in [6, 6.07) is 0. The second-order valence-electron chi connectivity index (χ2n) is 0.560. The molecule has 0 bridgehead atoms. The summed E-state index contributed by atoms with van der Waals surface area (Å²) in [5, 5.41) is 12.2. The van der Waals surface area contributed by atoms with Gasteiger partial charge in [-0.1, -0.05) is 5.21 Å². The number of H-pyrrole nitrogens is 1. The first-order valence-electron chi connectivity index (χ1n) is 1.16. The van der Waals surface area contributed by atoms with Crippen LogP contribution in [0.5, 0.6) is 0 Å². The zero-order chi connectivity index (χ0) is 3.54. The normalized spacial score (nSPS) is 5.71. The van der Waals surface area contributed by atoms with Crippen LogP contribution in [0.3, 0.4) is 0 Å². The van der Waals surface area contributed by atoms with Crippen molar-refractivity contribution in [2.24, 2.45) is 0 Å². The van der Waals surface area contributed by atoms with Gasteiger partial charge < -0.3 is 0 Å². The first-order chi connectivity index (χ1) is 2.50. The predicted molar refractivity (Wildman–Crippen MR) is 25.7 cm³/mol. The van der Waals surface area contributed by atoms with Gasteiger partial charge in [0.15, 0.2) is 6.33 Å². The third-order valence-electron chi connectivity index (χ3n) is 0.270. The number of hydrogen-bond acceptors (Lipinski definition) is 3. The molecule has 0 amide bonds. The quantitative estimate of drug-likeness (QED) is 0.417. The van der Waals surface area contributed by atoms with Crippen LogP contribution in [0.2, 0.25) is 0 Å². The van der Waals surface area contributed by atoms with Gasteiger partial charge in [0.25, 0.3) is 0 Å². The third-order valence-corrected chi connectivity index (χ3v) is 0.270. The average molecular weight is 116 g/mol. The maximum Gasteiger partial charge on any atom is 0.161 e. The fourth-order valence-electron chi connectivity index (χ4n) is 0.129. The number of nitrogens with zero attached hydrogens (tertiary/aromatic N) is 3. The van der Waals surface area contributed by atoms with Crippen LogP contribution in [0, 0.1) is 0 Å². The third kappa shape index (κ3) is 4.93. The summed E-state index contributed by atoms with van der Waals surface area (Å²) in [6.07, 6.45) is 1.33. The van der Waals surface area contributed by atoms with Crippen molar-refractivity contribution in [3.63, 3.8) is 0 Å². The number of rotatable bonds is 0. The number of aromatic nitrogens is 4. The Labute approximate surface area is 85.0 Å². The number of aromatic amines is 1. The zero-order valence-corrected chi connectivity index (χ0v) is 8.42. The van der Waals surface area contributed by atoms with Gasteiger partial charge >= 0.3 is 0 Å². The van der Waals surface area contributed by atoms with E-state index in [0.717, 1.165) is 0 Å². The monoisotopic (exact) mass is 116 g/mol. The molecular weight excluding hydrogens is 114 g/mol. The Morgan fingerprint density at radius 3 is 2.14 bits per heavy atom. The van der Waals surface area contributed by atoms with E-state index in [1.54, 1.807) is 0 Å². The van der Waals surface area contributed by atoms with Crippen molar-refractivity contribution < 1.29 is 0 Å². The van der Waals surface area contributed by atoms with Gasteiger partial charge in [-0.3, -0.25) is 0 Å². The van der Waals surface area contributed by atoms with E-state index in [0.29, 0.717) is 0 Å². The van der Waals surface area contributed by atoms with Crippen molar-refractivity contribution in [3.05, 3.63) is 6.33 Å². The zero-order valence-electron chi connectivity index (χ0n) is 4.42. The first kappa shape index (κ1) is 10.9. The van der Waals surface area contributed by atoms with E-state index in [1.807, 2.05) is 0 Å². The summed E-state index contributed by atoms with van der Waals surface area (Å²) in [6.45, 7) is 0. The molecule has 0 aliphatic rings. The molecule has 0 fully saturated rings. The molecule has 6 heteroatoms. The van der Waals surface area contributed by atoms with E-state index in [-0.39, 0.29) is 59.1 Å². The Morgan fingerprint density at radius 2 is 2.00 bits per heavy atom. The summed E-state index contributed by atoms with van der Waals surface area (Å²) < 4.78 is 0. The van der Waals surface area contributed by atoms with Gasteiger partial charge in [-0.05, 0) is 0 Å². The van der Waals surface area contributed by atoms with Crippen LogP contribution in [-0.4, -0.2) is 79.7 Å². The number of tetrazole rings is 1. The molecule has 0 aliphatic carbocycles. The maximum atomic E-state index is 3.38. The van der Waals surface area contributed by atoms with Gasteiger partial charge in [0.2, 0.25) is 0 Å². The minimum absolute atomic E-state index is 0. The van der Waals surface area contributed by atoms with Crippen molar-refractivity contribution in [2.75, 3.05) is 0 Å². The van der Waals surface area contributed by atoms with Gasteiger partial charge in [-0.15, -0.1) is 10.2 Å². The van der Waals surface area contributed by atoms with Crippen molar-refractivity contribution in [1.82, 2.24) is 20.6 Å². The molecule has 0 saturated carbocycles. The van der Waals surface area contributed by atoms with E-state index in [9.17, 15) is 0 Å². The van der Waals surface area contributed by atoms with Crippen molar-refractivity contribution in [3.8, 4) is 0 Å². The number of nitrogens with one attached hydrogen (secondary N) is 1. The molecule has 1 aromatic heterocycles. The molecule has 1 heterocycles. The molecule has 0 atom stereocenters. The van der Waals surface area contributed by atoms with E-state index < -0.39 is 0 Å². The summed E-state index contributed by atoms with van der Waals surface area (Å²) in [4.78, 5) is 0. The Morgan fingerprint density at radius 1 is 1.29 bits per heavy atom. The van der Waals surface area contributed by atoms with E-state index >= 15 is 0 Å². The van der Waals surface area contributed by atoms with Gasteiger partial charge in [0, 0.05) is 59.1 Å². The Hall–Kier alpha value is 1.07. The smallest absolute Gasteiger partial charge is 0.161 e. The Kier molecular flexibility index (Phi) is 11.1. The molecule has 0 aromatic carbocycles. The van der Waals surface area contributed by atoms with Gasteiger partial charge in [-0.2, -0.15) is 5.21 Å². The van der Waals surface area contributed by atoms with Crippen molar-refractivity contribution in [1.29, 1.82) is 0 Å². The predicted octanol–water partition coefficient (Wildman–Crippen LogP) is -1.56. The van der Waals surface area contributed by atoms with Crippen LogP contribution in [-0.2, 0) is 0 Å². The van der Waals surface area contributed by atoms with Crippen LogP contribution in [0.25, 0.3) is 0 Å². The van der Waals surface area contributed by atoms with Crippen LogP contribution < -0.4 is 0 Å². The molecule has 0 spiro atoms. The average Bonchev–Trinajstić information content (AvgIpc) is 1.76. The van der Waals surface area contributed by atoms with Crippen molar-refractivity contribution in [2.45, 2.75) is 0 Å².